The summed E-state index contributed by atoms with van der Waals surface area (Å²) in [5.74, 6) is 0.00379. The van der Waals surface area contributed by atoms with Gasteiger partial charge >= 0.3 is 5.97 Å². The van der Waals surface area contributed by atoms with E-state index in [0.29, 0.717) is 13.2 Å². The van der Waals surface area contributed by atoms with E-state index in [9.17, 15) is 4.79 Å². The van der Waals surface area contributed by atoms with Crippen molar-refractivity contribution in [2.45, 2.75) is 110 Å². The Labute approximate surface area is 175 Å². The van der Waals surface area contributed by atoms with E-state index in [2.05, 4.69) is 14.0 Å². The van der Waals surface area contributed by atoms with E-state index >= 15 is 0 Å². The molecule has 1 rings (SSSR count). The number of quaternary nitrogens is 1. The average Bonchev–Trinajstić information content (AvgIpc) is 3.04. The minimum absolute atomic E-state index is 0. The molecular formula is C23H46ClNO2. The van der Waals surface area contributed by atoms with Gasteiger partial charge in [0.1, 0.15) is 0 Å². The molecule has 162 valence electrons. The van der Waals surface area contributed by atoms with Gasteiger partial charge in [-0.05, 0) is 6.42 Å². The number of unbranched alkanes of at least 4 members (excludes halogenated alkanes) is 13. The number of carbonyl (C=O) groups excluding carboxylic acids is 1. The lowest BCUT2D eigenvalue weighted by molar-refractivity contribution is -0.890. The van der Waals surface area contributed by atoms with Crippen LogP contribution in [-0.4, -0.2) is 43.7 Å². The van der Waals surface area contributed by atoms with Crippen LogP contribution in [0.25, 0.3) is 0 Å². The number of rotatable bonds is 17. The zero-order valence-corrected chi connectivity index (χ0v) is 19.0. The van der Waals surface area contributed by atoms with E-state index < -0.39 is 0 Å². The summed E-state index contributed by atoms with van der Waals surface area (Å²) in [6.07, 6.45) is 21.5. The van der Waals surface area contributed by atoms with Gasteiger partial charge in [0.15, 0.2) is 6.54 Å². The van der Waals surface area contributed by atoms with Gasteiger partial charge in [0.2, 0.25) is 0 Å². The van der Waals surface area contributed by atoms with Crippen LogP contribution in [-0.2, 0) is 9.53 Å². The third kappa shape index (κ3) is 15.3. The van der Waals surface area contributed by atoms with E-state index in [-0.39, 0.29) is 18.4 Å². The van der Waals surface area contributed by atoms with Crippen molar-refractivity contribution in [2.24, 2.45) is 0 Å². The maximum absolute atomic E-state index is 11.9. The summed E-state index contributed by atoms with van der Waals surface area (Å²) in [5.41, 5.74) is 0. The maximum atomic E-state index is 11.9. The Hall–Kier alpha value is -0.280. The SMILES string of the molecule is CCCCCCCCCCCCCCCCOC(=O)C[N+]1(C)CCCC1.[Cl-]. The molecular weight excluding hydrogens is 358 g/mol. The summed E-state index contributed by atoms with van der Waals surface area (Å²) in [4.78, 5) is 11.9. The molecule has 27 heavy (non-hydrogen) atoms. The van der Waals surface area contributed by atoms with Gasteiger partial charge in [-0.25, -0.2) is 4.79 Å². The maximum Gasteiger partial charge on any atom is 0.361 e. The third-order valence-electron chi connectivity index (χ3n) is 5.92. The highest BCUT2D eigenvalue weighted by atomic mass is 35.5. The molecule has 4 heteroatoms. The van der Waals surface area contributed by atoms with Crippen molar-refractivity contribution in [1.82, 2.24) is 0 Å². The molecule has 0 saturated carbocycles. The first-order valence-corrected chi connectivity index (χ1v) is 11.7. The fourth-order valence-electron chi connectivity index (χ4n) is 4.10. The molecule has 0 N–H and O–H groups in total. The molecule has 0 amide bonds. The standard InChI is InChI=1S/C23H46NO2.ClH/c1-3-4-5-6-7-8-9-10-11-12-13-14-15-18-21-26-23(25)22-24(2)19-16-17-20-24;/h3-22H2,1-2H3;1H/q+1;/p-1. The Bertz CT molecular complexity index is 343. The zero-order chi connectivity index (χ0) is 18.9. The molecule has 0 aromatic rings. The molecule has 1 fully saturated rings. The summed E-state index contributed by atoms with van der Waals surface area (Å²) in [6.45, 7) is 5.74. The van der Waals surface area contributed by atoms with Crippen LogP contribution in [0.15, 0.2) is 0 Å². The van der Waals surface area contributed by atoms with Crippen molar-refractivity contribution in [3.8, 4) is 0 Å². The lowest BCUT2D eigenvalue weighted by Gasteiger charge is -2.27. The lowest BCUT2D eigenvalue weighted by atomic mass is 10.0. The fourth-order valence-corrected chi connectivity index (χ4v) is 4.10. The number of likely N-dealkylation sites (N-methyl/N-ethyl adjacent to an activating group) is 1. The Morgan fingerprint density at radius 3 is 1.59 bits per heavy atom. The second kappa shape index (κ2) is 17.8. The summed E-state index contributed by atoms with van der Waals surface area (Å²) in [7, 11) is 2.18. The first-order chi connectivity index (χ1) is 12.7. The largest absolute Gasteiger partial charge is 1.00 e. The second-order valence-electron chi connectivity index (χ2n) is 8.75. The molecule has 1 saturated heterocycles. The van der Waals surface area contributed by atoms with E-state index in [1.165, 1.54) is 96.3 Å². The number of hydrogen-bond donors (Lipinski definition) is 0. The molecule has 3 nitrogen and oxygen atoms in total. The molecule has 0 spiro atoms. The number of ether oxygens (including phenoxy) is 1. The monoisotopic (exact) mass is 403 g/mol. The Balaban J connectivity index is 0.00000676. The van der Waals surface area contributed by atoms with Gasteiger partial charge in [-0.1, -0.05) is 90.4 Å². The summed E-state index contributed by atoms with van der Waals surface area (Å²) in [6, 6.07) is 0. The molecule has 0 radical (unpaired) electrons. The van der Waals surface area contributed by atoms with Gasteiger partial charge < -0.3 is 21.6 Å². The van der Waals surface area contributed by atoms with Crippen LogP contribution < -0.4 is 12.4 Å². The zero-order valence-electron chi connectivity index (χ0n) is 18.3. The minimum Gasteiger partial charge on any atom is -1.00 e. The van der Waals surface area contributed by atoms with Crippen LogP contribution in [0.1, 0.15) is 110 Å². The molecule has 0 aliphatic carbocycles. The quantitative estimate of drug-likeness (QED) is 0.212. The minimum atomic E-state index is 0. The van der Waals surface area contributed by atoms with Crippen LogP contribution in [0.3, 0.4) is 0 Å². The Morgan fingerprint density at radius 1 is 0.741 bits per heavy atom. The molecule has 0 atom stereocenters. The van der Waals surface area contributed by atoms with E-state index in [1.54, 1.807) is 0 Å². The number of carbonyl (C=O) groups is 1. The summed E-state index contributed by atoms with van der Waals surface area (Å²) >= 11 is 0. The third-order valence-corrected chi connectivity index (χ3v) is 5.92. The Morgan fingerprint density at radius 2 is 1.15 bits per heavy atom. The molecule has 0 unspecified atom stereocenters. The van der Waals surface area contributed by atoms with Gasteiger partial charge in [0.25, 0.3) is 0 Å². The van der Waals surface area contributed by atoms with Crippen molar-refractivity contribution in [1.29, 1.82) is 0 Å². The first kappa shape index (κ1) is 26.7. The van der Waals surface area contributed by atoms with Crippen molar-refractivity contribution in [3.63, 3.8) is 0 Å². The number of likely N-dealkylation sites (tertiary alicyclic amines) is 1. The highest BCUT2D eigenvalue weighted by molar-refractivity contribution is 5.70. The number of esters is 1. The summed E-state index contributed by atoms with van der Waals surface area (Å²) < 4.78 is 6.31. The molecule has 0 aromatic carbocycles. The van der Waals surface area contributed by atoms with Crippen LogP contribution in [0.2, 0.25) is 0 Å². The van der Waals surface area contributed by atoms with E-state index in [0.717, 1.165) is 24.0 Å². The topological polar surface area (TPSA) is 26.3 Å². The lowest BCUT2D eigenvalue weighted by Crippen LogP contribution is -3.00. The van der Waals surface area contributed by atoms with Crippen molar-refractivity contribution in [2.75, 3.05) is 33.3 Å². The van der Waals surface area contributed by atoms with Crippen LogP contribution in [0.4, 0.5) is 0 Å². The normalized spacial score (nSPS) is 15.5. The average molecular weight is 404 g/mol. The number of hydrogen-bond acceptors (Lipinski definition) is 2. The molecule has 1 aliphatic rings. The van der Waals surface area contributed by atoms with Crippen molar-refractivity contribution >= 4 is 5.97 Å². The van der Waals surface area contributed by atoms with Crippen LogP contribution >= 0.6 is 0 Å². The van der Waals surface area contributed by atoms with Gasteiger partial charge in [-0.2, -0.15) is 0 Å². The summed E-state index contributed by atoms with van der Waals surface area (Å²) in [5, 5.41) is 0. The van der Waals surface area contributed by atoms with Crippen molar-refractivity contribution in [3.05, 3.63) is 0 Å². The predicted octanol–water partition coefficient (Wildman–Crippen LogP) is 3.26. The first-order valence-electron chi connectivity index (χ1n) is 11.7. The molecule has 0 bridgehead atoms. The highest BCUT2D eigenvalue weighted by Gasteiger charge is 2.30. The second-order valence-corrected chi connectivity index (χ2v) is 8.75. The van der Waals surface area contributed by atoms with Crippen LogP contribution in [0, 0.1) is 0 Å². The van der Waals surface area contributed by atoms with Gasteiger partial charge in [0, 0.05) is 12.8 Å². The number of nitrogens with zero attached hydrogens (tertiary/aromatic N) is 1. The van der Waals surface area contributed by atoms with Gasteiger partial charge in [-0.15, -0.1) is 0 Å². The predicted molar refractivity (Wildman–Crippen MR) is 111 cm³/mol. The molecule has 0 aromatic heterocycles. The van der Waals surface area contributed by atoms with E-state index in [1.807, 2.05) is 0 Å². The molecule has 1 heterocycles. The molecule has 1 aliphatic heterocycles. The fraction of sp³-hybridized carbons (Fsp3) is 0.957. The Kier molecular flexibility index (Phi) is 17.6. The van der Waals surface area contributed by atoms with Gasteiger partial charge in [0.05, 0.1) is 26.7 Å². The van der Waals surface area contributed by atoms with E-state index in [4.69, 9.17) is 4.74 Å². The van der Waals surface area contributed by atoms with Crippen molar-refractivity contribution < 1.29 is 26.4 Å². The highest BCUT2D eigenvalue weighted by Crippen LogP contribution is 2.16. The van der Waals surface area contributed by atoms with Crippen LogP contribution in [0.5, 0.6) is 0 Å². The number of halogens is 1. The smallest absolute Gasteiger partial charge is 0.361 e. The van der Waals surface area contributed by atoms with Gasteiger partial charge in [-0.3, -0.25) is 0 Å².